The molecular weight excluding hydrogens is 582 g/mol. The van der Waals surface area contributed by atoms with Crippen LogP contribution in [-0.4, -0.2) is 56.8 Å². The van der Waals surface area contributed by atoms with Gasteiger partial charge in [-0.15, -0.1) is 0 Å². The molecule has 0 saturated heterocycles. The highest BCUT2D eigenvalue weighted by atomic mass is 16.6. The third-order valence-electron chi connectivity index (χ3n) is 8.77. The zero-order valence-electron chi connectivity index (χ0n) is 32.2. The van der Waals surface area contributed by atoms with E-state index < -0.39 is 6.10 Å². The van der Waals surface area contributed by atoms with E-state index in [0.29, 0.717) is 23.9 Å². The lowest BCUT2D eigenvalue weighted by Gasteiger charge is -2.28. The number of hydrogen-bond donors (Lipinski definition) is 0. The van der Waals surface area contributed by atoms with Crippen molar-refractivity contribution in [3.8, 4) is 0 Å². The molecule has 5 heteroatoms. The van der Waals surface area contributed by atoms with Crippen molar-refractivity contribution >= 4 is 11.9 Å². The van der Waals surface area contributed by atoms with Crippen molar-refractivity contribution in [2.75, 3.05) is 34.3 Å². The lowest BCUT2D eigenvalue weighted by Crippen LogP contribution is -2.45. The van der Waals surface area contributed by atoms with Crippen molar-refractivity contribution in [3.63, 3.8) is 0 Å². The molecule has 0 saturated carbocycles. The highest BCUT2D eigenvalue weighted by Crippen LogP contribution is 2.13. The Morgan fingerprint density at radius 2 is 0.830 bits per heavy atom. The number of ether oxygens (including phenoxy) is 2. The normalized spacial score (nSPS) is 12.7. The first-order valence-electron chi connectivity index (χ1n) is 20.2. The van der Waals surface area contributed by atoms with Gasteiger partial charge in [0.05, 0.1) is 21.1 Å². The van der Waals surface area contributed by atoms with E-state index in [9.17, 15) is 9.59 Å². The summed E-state index contributed by atoms with van der Waals surface area (Å²) in [5.74, 6) is -0.350. The molecule has 0 aromatic heterocycles. The second-order valence-electron chi connectivity index (χ2n) is 14.9. The van der Waals surface area contributed by atoms with Crippen LogP contribution in [0.25, 0.3) is 0 Å². The molecule has 0 aliphatic heterocycles. The van der Waals surface area contributed by atoms with E-state index >= 15 is 0 Å². The van der Waals surface area contributed by atoms with Gasteiger partial charge in [-0.05, 0) is 64.2 Å². The number of carbonyl (C=O) groups is 2. The third kappa shape index (κ3) is 37.1. The summed E-state index contributed by atoms with van der Waals surface area (Å²) in [6, 6.07) is 0. The first-order valence-corrected chi connectivity index (χ1v) is 20.2. The Morgan fingerprint density at radius 1 is 0.489 bits per heavy atom. The van der Waals surface area contributed by atoms with Crippen molar-refractivity contribution in [1.29, 1.82) is 0 Å². The Kier molecular flexibility index (Phi) is 33.1. The summed E-state index contributed by atoms with van der Waals surface area (Å²) in [6.07, 6.45) is 42.1. The lowest BCUT2D eigenvalue weighted by molar-refractivity contribution is -0.873. The van der Waals surface area contributed by atoms with Crippen LogP contribution in [0.3, 0.4) is 0 Å². The molecule has 0 radical (unpaired) electrons. The maximum atomic E-state index is 12.6. The van der Waals surface area contributed by atoms with E-state index in [0.717, 1.165) is 38.5 Å². The summed E-state index contributed by atoms with van der Waals surface area (Å²) in [4.78, 5) is 24.9. The first-order chi connectivity index (χ1) is 22.8. The number of quaternary nitrogens is 1. The minimum Gasteiger partial charge on any atom is -0.461 e. The number of likely N-dealkylation sites (N-methyl/N-ethyl adjacent to an activating group) is 1. The van der Waals surface area contributed by atoms with Gasteiger partial charge in [-0.3, -0.25) is 9.59 Å². The first kappa shape index (κ1) is 45.4. The molecule has 0 aliphatic rings. The lowest BCUT2D eigenvalue weighted by atomic mass is 10.1. The maximum Gasteiger partial charge on any atom is 0.306 e. The Hall–Kier alpha value is -1.62. The summed E-state index contributed by atoms with van der Waals surface area (Å²) in [6.45, 7) is 5.31. The van der Waals surface area contributed by atoms with Crippen LogP contribution in [0.4, 0.5) is 0 Å². The molecule has 1 unspecified atom stereocenters. The zero-order valence-corrected chi connectivity index (χ0v) is 32.2. The molecule has 0 fully saturated rings. The van der Waals surface area contributed by atoms with Gasteiger partial charge >= 0.3 is 11.9 Å². The van der Waals surface area contributed by atoms with Crippen molar-refractivity contribution in [2.45, 2.75) is 200 Å². The summed E-state index contributed by atoms with van der Waals surface area (Å²) in [7, 11) is 6.20. The molecule has 0 aromatic rings. The average Bonchev–Trinajstić information content (AvgIpc) is 3.03. The van der Waals surface area contributed by atoms with E-state index in [1.807, 2.05) is 0 Å². The van der Waals surface area contributed by atoms with Gasteiger partial charge in [-0.1, -0.05) is 141 Å². The molecule has 1 atom stereocenters. The van der Waals surface area contributed by atoms with Crippen LogP contribution in [0.1, 0.15) is 194 Å². The Morgan fingerprint density at radius 3 is 1.21 bits per heavy atom. The van der Waals surface area contributed by atoms with E-state index in [1.165, 1.54) is 128 Å². The molecule has 47 heavy (non-hydrogen) atoms. The van der Waals surface area contributed by atoms with E-state index in [-0.39, 0.29) is 18.5 Å². The van der Waals surface area contributed by atoms with Crippen molar-refractivity contribution in [1.82, 2.24) is 0 Å². The molecule has 0 bridgehead atoms. The summed E-state index contributed by atoms with van der Waals surface area (Å²) in [5.41, 5.74) is 0. The van der Waals surface area contributed by atoms with Crippen LogP contribution >= 0.6 is 0 Å². The van der Waals surface area contributed by atoms with Gasteiger partial charge in [-0.2, -0.15) is 0 Å². The number of hydrogen-bond acceptors (Lipinski definition) is 4. The highest BCUT2D eigenvalue weighted by molar-refractivity contribution is 5.70. The Labute approximate surface area is 293 Å². The highest BCUT2D eigenvalue weighted by Gasteiger charge is 2.23. The van der Waals surface area contributed by atoms with Gasteiger partial charge in [-0.25, -0.2) is 0 Å². The molecule has 5 nitrogen and oxygen atoms in total. The van der Waals surface area contributed by atoms with E-state index in [1.54, 1.807) is 0 Å². The number of rotatable bonds is 35. The number of allylic oxidation sites excluding steroid dienone is 4. The van der Waals surface area contributed by atoms with Crippen LogP contribution in [0.5, 0.6) is 0 Å². The van der Waals surface area contributed by atoms with Gasteiger partial charge in [0.25, 0.3) is 0 Å². The smallest absolute Gasteiger partial charge is 0.306 e. The molecule has 0 N–H and O–H groups in total. The largest absolute Gasteiger partial charge is 0.461 e. The Balaban J connectivity index is 3.89. The molecule has 0 spiro atoms. The fraction of sp³-hybridized carbons (Fsp3) is 0.857. The Bertz CT molecular complexity index is 754. The van der Waals surface area contributed by atoms with Gasteiger partial charge in [0.2, 0.25) is 0 Å². The van der Waals surface area contributed by atoms with E-state index in [2.05, 4.69) is 59.3 Å². The summed E-state index contributed by atoms with van der Waals surface area (Å²) < 4.78 is 12.0. The number of carbonyl (C=O) groups excluding carboxylic acids is 2. The standard InChI is InChI=1S/C42H80NO4/c1-6-8-10-12-14-16-18-20-22-24-26-28-30-32-34-36-41(44)46-39-40(38-43(3,4)5)47-42(45)37-35-33-31-29-27-25-23-21-19-17-15-13-11-9-7-2/h20-23,40H,6-19,24-39H2,1-5H3/q+1. The predicted octanol–water partition coefficient (Wildman–Crippen LogP) is 12.2. The second-order valence-corrected chi connectivity index (χ2v) is 14.9. The SMILES string of the molecule is CCCCCCCCC=CCCCCCCCC(=O)OCC(C[N+](C)(C)C)OC(=O)CCCCCCCC=CCCCCCCCC. The predicted molar refractivity (Wildman–Crippen MR) is 203 cm³/mol. The van der Waals surface area contributed by atoms with Gasteiger partial charge < -0.3 is 14.0 Å². The maximum absolute atomic E-state index is 12.6. The molecule has 0 aromatic carbocycles. The van der Waals surface area contributed by atoms with E-state index in [4.69, 9.17) is 9.47 Å². The molecule has 0 amide bonds. The van der Waals surface area contributed by atoms with Crippen LogP contribution in [0, 0.1) is 0 Å². The number of nitrogens with zero attached hydrogens (tertiary/aromatic N) is 1. The summed E-state index contributed by atoms with van der Waals surface area (Å²) >= 11 is 0. The van der Waals surface area contributed by atoms with Crippen LogP contribution in [0.15, 0.2) is 24.3 Å². The van der Waals surface area contributed by atoms with Crippen LogP contribution in [0.2, 0.25) is 0 Å². The van der Waals surface area contributed by atoms with Crippen molar-refractivity contribution in [2.24, 2.45) is 0 Å². The molecule has 0 aliphatic carbocycles. The topological polar surface area (TPSA) is 52.6 Å². The van der Waals surface area contributed by atoms with Gasteiger partial charge in [0.15, 0.2) is 6.10 Å². The summed E-state index contributed by atoms with van der Waals surface area (Å²) in [5, 5.41) is 0. The van der Waals surface area contributed by atoms with Gasteiger partial charge in [0.1, 0.15) is 13.2 Å². The van der Waals surface area contributed by atoms with Crippen molar-refractivity contribution in [3.05, 3.63) is 24.3 Å². The molecular formula is C42H80NO4+. The minimum atomic E-state index is -0.399. The minimum absolute atomic E-state index is 0.150. The quantitative estimate of drug-likeness (QED) is 0.0293. The van der Waals surface area contributed by atoms with Crippen LogP contribution < -0.4 is 0 Å². The second kappa shape index (κ2) is 34.3. The number of unbranched alkanes of at least 4 members (excludes halogenated alkanes) is 22. The molecule has 0 heterocycles. The third-order valence-corrected chi connectivity index (χ3v) is 8.77. The fourth-order valence-electron chi connectivity index (χ4n) is 5.92. The average molecular weight is 663 g/mol. The molecule has 0 rings (SSSR count). The van der Waals surface area contributed by atoms with Crippen LogP contribution in [-0.2, 0) is 19.1 Å². The monoisotopic (exact) mass is 663 g/mol. The zero-order chi connectivity index (χ0) is 34.7. The fourth-order valence-corrected chi connectivity index (χ4v) is 5.92. The van der Waals surface area contributed by atoms with Crippen molar-refractivity contribution < 1.29 is 23.5 Å². The number of esters is 2. The molecule has 276 valence electrons. The van der Waals surface area contributed by atoms with Gasteiger partial charge in [0, 0.05) is 12.8 Å².